The maximum atomic E-state index is 12.4. The van der Waals surface area contributed by atoms with Gasteiger partial charge in [-0.2, -0.15) is 0 Å². The lowest BCUT2D eigenvalue weighted by molar-refractivity contribution is -0.153. The molecule has 0 bridgehead atoms. The number of piperazine rings is 1. The smallest absolute Gasteiger partial charge is 0.252 e. The number of hydrogen-bond donors (Lipinski definition) is 2. The fourth-order valence-corrected chi connectivity index (χ4v) is 2.49. The molecule has 6 heteroatoms. The van der Waals surface area contributed by atoms with Crippen LogP contribution in [0.4, 0.5) is 0 Å². The second kappa shape index (κ2) is 6.15. The highest BCUT2D eigenvalue weighted by atomic mass is 16.5. The van der Waals surface area contributed by atoms with Crippen LogP contribution in [0.15, 0.2) is 0 Å². The van der Waals surface area contributed by atoms with Crippen molar-refractivity contribution in [2.45, 2.75) is 31.4 Å². The lowest BCUT2D eigenvalue weighted by Gasteiger charge is -2.37. The summed E-state index contributed by atoms with van der Waals surface area (Å²) < 4.78 is 5.51. The normalized spacial score (nSPS) is 28.8. The maximum absolute atomic E-state index is 12.4. The summed E-state index contributed by atoms with van der Waals surface area (Å²) in [6.07, 6.45) is 2.45. The van der Waals surface area contributed by atoms with E-state index in [1.165, 1.54) is 0 Å². The molecule has 2 unspecified atom stereocenters. The van der Waals surface area contributed by atoms with Crippen LogP contribution in [0.1, 0.15) is 19.3 Å². The fraction of sp³-hybridized carbons (Fsp3) is 0.833. The zero-order chi connectivity index (χ0) is 13.0. The van der Waals surface area contributed by atoms with Crippen LogP contribution in [0.2, 0.25) is 0 Å². The van der Waals surface area contributed by atoms with Crippen molar-refractivity contribution in [1.29, 1.82) is 0 Å². The molecule has 2 rings (SSSR count). The first-order valence-corrected chi connectivity index (χ1v) is 6.58. The van der Waals surface area contributed by atoms with E-state index in [9.17, 15) is 9.59 Å². The zero-order valence-electron chi connectivity index (χ0n) is 10.8. The van der Waals surface area contributed by atoms with Crippen LogP contribution in [-0.4, -0.2) is 62.1 Å². The van der Waals surface area contributed by atoms with Gasteiger partial charge in [0.15, 0.2) is 0 Å². The second-order valence-corrected chi connectivity index (χ2v) is 4.72. The molecule has 0 aliphatic carbocycles. The Balaban J connectivity index is 2.03. The Hall–Kier alpha value is -1.14. The minimum absolute atomic E-state index is 0.0372. The van der Waals surface area contributed by atoms with Crippen molar-refractivity contribution in [3.05, 3.63) is 0 Å². The summed E-state index contributed by atoms with van der Waals surface area (Å²) in [6.45, 7) is 2.45. The molecule has 0 aromatic carbocycles. The summed E-state index contributed by atoms with van der Waals surface area (Å²) in [4.78, 5) is 25.8. The van der Waals surface area contributed by atoms with E-state index in [0.717, 1.165) is 25.8 Å². The molecule has 18 heavy (non-hydrogen) atoms. The third kappa shape index (κ3) is 2.81. The lowest BCUT2D eigenvalue weighted by Crippen LogP contribution is -2.61. The van der Waals surface area contributed by atoms with E-state index in [1.54, 1.807) is 11.9 Å². The Morgan fingerprint density at radius 2 is 2.22 bits per heavy atom. The van der Waals surface area contributed by atoms with Gasteiger partial charge in [-0.1, -0.05) is 0 Å². The quantitative estimate of drug-likeness (QED) is 0.671. The molecule has 2 N–H and O–H groups in total. The van der Waals surface area contributed by atoms with E-state index >= 15 is 0 Å². The van der Waals surface area contributed by atoms with E-state index in [0.29, 0.717) is 19.7 Å². The number of carbonyl (C=O) groups excluding carboxylic acids is 2. The third-order valence-corrected chi connectivity index (χ3v) is 3.53. The van der Waals surface area contributed by atoms with Gasteiger partial charge >= 0.3 is 0 Å². The zero-order valence-corrected chi connectivity index (χ0v) is 10.8. The van der Waals surface area contributed by atoms with E-state index in [1.807, 2.05) is 0 Å². The van der Waals surface area contributed by atoms with Crippen LogP contribution in [0.5, 0.6) is 0 Å². The van der Waals surface area contributed by atoms with E-state index in [-0.39, 0.29) is 17.9 Å². The highest BCUT2D eigenvalue weighted by Crippen LogP contribution is 2.17. The van der Waals surface area contributed by atoms with Gasteiger partial charge in [0, 0.05) is 33.3 Å². The molecule has 0 saturated carbocycles. The van der Waals surface area contributed by atoms with Gasteiger partial charge in [-0.3, -0.25) is 9.59 Å². The Kier molecular flexibility index (Phi) is 4.54. The van der Waals surface area contributed by atoms with Crippen molar-refractivity contribution in [3.63, 3.8) is 0 Å². The molecular weight excluding hydrogens is 234 g/mol. The minimum atomic E-state index is -0.415. The van der Waals surface area contributed by atoms with Crippen molar-refractivity contribution in [3.8, 4) is 0 Å². The summed E-state index contributed by atoms with van der Waals surface area (Å²) in [7, 11) is 1.59. The van der Waals surface area contributed by atoms with Gasteiger partial charge in [-0.05, 0) is 19.3 Å². The third-order valence-electron chi connectivity index (χ3n) is 3.53. The molecule has 0 spiro atoms. The minimum Gasteiger partial charge on any atom is -0.368 e. The largest absolute Gasteiger partial charge is 0.368 e. The number of amides is 2. The van der Waals surface area contributed by atoms with Crippen LogP contribution in [0.3, 0.4) is 0 Å². The van der Waals surface area contributed by atoms with Gasteiger partial charge < -0.3 is 20.3 Å². The van der Waals surface area contributed by atoms with E-state index in [4.69, 9.17) is 4.74 Å². The summed E-state index contributed by atoms with van der Waals surface area (Å²) >= 11 is 0. The number of ether oxygens (including phenoxy) is 1. The monoisotopic (exact) mass is 255 g/mol. The highest BCUT2D eigenvalue weighted by Gasteiger charge is 2.35. The average Bonchev–Trinajstić information content (AvgIpc) is 2.46. The SMILES string of the molecule is CNC(=O)C1CNCCN1C(=O)C1CCCCO1. The first-order valence-electron chi connectivity index (χ1n) is 6.58. The molecule has 2 aliphatic rings. The average molecular weight is 255 g/mol. The molecule has 2 saturated heterocycles. The van der Waals surface area contributed by atoms with Crippen LogP contribution in [-0.2, 0) is 14.3 Å². The first kappa shape index (κ1) is 13.3. The Morgan fingerprint density at radius 1 is 1.39 bits per heavy atom. The summed E-state index contributed by atoms with van der Waals surface area (Å²) in [5.74, 6) is -0.156. The van der Waals surface area contributed by atoms with Crippen molar-refractivity contribution < 1.29 is 14.3 Å². The standard InChI is InChI=1S/C12H21N3O3/c1-13-11(16)9-8-14-5-6-15(9)12(17)10-4-2-3-7-18-10/h9-10,14H,2-8H2,1H3,(H,13,16). The van der Waals surface area contributed by atoms with Gasteiger partial charge in [0.2, 0.25) is 5.91 Å². The Labute approximate surface area is 107 Å². The van der Waals surface area contributed by atoms with Crippen LogP contribution in [0, 0.1) is 0 Å². The van der Waals surface area contributed by atoms with Crippen molar-refractivity contribution in [2.75, 3.05) is 33.3 Å². The number of likely N-dealkylation sites (N-methyl/N-ethyl adjacent to an activating group) is 1. The number of hydrogen-bond acceptors (Lipinski definition) is 4. The Bertz CT molecular complexity index is 316. The van der Waals surface area contributed by atoms with Crippen LogP contribution in [0.25, 0.3) is 0 Å². The fourth-order valence-electron chi connectivity index (χ4n) is 2.49. The number of nitrogens with one attached hydrogen (secondary N) is 2. The van der Waals surface area contributed by atoms with Gasteiger partial charge in [0.25, 0.3) is 5.91 Å². The molecule has 102 valence electrons. The van der Waals surface area contributed by atoms with E-state index in [2.05, 4.69) is 10.6 Å². The second-order valence-electron chi connectivity index (χ2n) is 4.72. The Morgan fingerprint density at radius 3 is 2.89 bits per heavy atom. The topological polar surface area (TPSA) is 70.7 Å². The molecule has 2 heterocycles. The van der Waals surface area contributed by atoms with Gasteiger partial charge in [0.05, 0.1) is 0 Å². The number of rotatable bonds is 2. The lowest BCUT2D eigenvalue weighted by atomic mass is 10.1. The molecule has 0 aromatic rings. The van der Waals surface area contributed by atoms with Gasteiger partial charge in [0.1, 0.15) is 12.1 Å². The maximum Gasteiger partial charge on any atom is 0.252 e. The van der Waals surface area contributed by atoms with Crippen molar-refractivity contribution in [2.24, 2.45) is 0 Å². The summed E-state index contributed by atoms with van der Waals surface area (Å²) in [5.41, 5.74) is 0. The molecule has 0 aromatic heterocycles. The predicted octanol–water partition coefficient (Wildman–Crippen LogP) is -0.898. The summed E-state index contributed by atoms with van der Waals surface area (Å²) in [5, 5.41) is 5.75. The molecule has 2 atom stereocenters. The van der Waals surface area contributed by atoms with Crippen LogP contribution >= 0.6 is 0 Å². The number of carbonyl (C=O) groups is 2. The first-order chi connectivity index (χ1) is 8.74. The van der Waals surface area contributed by atoms with Crippen molar-refractivity contribution in [1.82, 2.24) is 15.5 Å². The predicted molar refractivity (Wildman–Crippen MR) is 66.0 cm³/mol. The molecular formula is C12H21N3O3. The molecule has 2 fully saturated rings. The molecule has 2 aliphatic heterocycles. The van der Waals surface area contributed by atoms with E-state index < -0.39 is 6.04 Å². The van der Waals surface area contributed by atoms with Crippen LogP contribution < -0.4 is 10.6 Å². The van der Waals surface area contributed by atoms with Gasteiger partial charge in [-0.15, -0.1) is 0 Å². The molecule has 6 nitrogen and oxygen atoms in total. The number of nitrogens with zero attached hydrogens (tertiary/aromatic N) is 1. The molecule has 2 amide bonds. The summed E-state index contributed by atoms with van der Waals surface area (Å²) in [6, 6.07) is -0.415. The highest BCUT2D eigenvalue weighted by molar-refractivity contribution is 5.89. The molecule has 0 radical (unpaired) electrons. The van der Waals surface area contributed by atoms with Crippen molar-refractivity contribution >= 4 is 11.8 Å². The van der Waals surface area contributed by atoms with Gasteiger partial charge in [-0.25, -0.2) is 0 Å².